The summed E-state index contributed by atoms with van der Waals surface area (Å²) in [6.07, 6.45) is 3.72. The molecule has 0 aliphatic heterocycles. The van der Waals surface area contributed by atoms with Gasteiger partial charge in [0.05, 0.1) is 3.79 Å². The van der Waals surface area contributed by atoms with Crippen molar-refractivity contribution in [3.63, 3.8) is 0 Å². The first-order valence-corrected chi connectivity index (χ1v) is 7.51. The van der Waals surface area contributed by atoms with Gasteiger partial charge in [0.1, 0.15) is 6.04 Å². The second kappa shape index (κ2) is 7.45. The third-order valence-electron chi connectivity index (χ3n) is 2.77. The zero-order valence-corrected chi connectivity index (χ0v) is 13.1. The molecule has 0 saturated heterocycles. The van der Waals surface area contributed by atoms with Crippen LogP contribution in [0.3, 0.4) is 0 Å². The van der Waals surface area contributed by atoms with Gasteiger partial charge in [-0.05, 0) is 40.1 Å². The maximum Gasteiger partial charge on any atom is 0.326 e. The van der Waals surface area contributed by atoms with Crippen molar-refractivity contribution in [3.8, 4) is 0 Å². The molecule has 2 N–H and O–H groups in total. The molecule has 1 amide bonds. The third kappa shape index (κ3) is 5.16. The summed E-state index contributed by atoms with van der Waals surface area (Å²) in [6.45, 7) is 3.70. The second-order valence-corrected chi connectivity index (χ2v) is 6.68. The summed E-state index contributed by atoms with van der Waals surface area (Å²) in [4.78, 5) is 23.7. The lowest BCUT2D eigenvalue weighted by molar-refractivity contribution is -0.142. The lowest BCUT2D eigenvalue weighted by atomic mass is 9.99. The number of hydrogen-bond donors (Lipinski definition) is 2. The van der Waals surface area contributed by atoms with E-state index in [0.29, 0.717) is 6.42 Å². The van der Waals surface area contributed by atoms with E-state index in [1.807, 2.05) is 19.1 Å². The zero-order chi connectivity index (χ0) is 14.4. The van der Waals surface area contributed by atoms with E-state index < -0.39 is 17.9 Å². The Bertz CT molecular complexity index is 484. The van der Waals surface area contributed by atoms with Crippen LogP contribution in [0.1, 0.15) is 25.1 Å². The Morgan fingerprint density at radius 3 is 2.68 bits per heavy atom. The summed E-state index contributed by atoms with van der Waals surface area (Å²) in [5.74, 6) is -1.50. The van der Waals surface area contributed by atoms with E-state index in [2.05, 4.69) is 21.2 Å². The molecule has 0 aliphatic rings. The molecule has 1 rings (SSSR count). The number of aliphatic carboxylic acids is 1. The number of carbonyl (C=O) groups excluding carboxylic acids is 1. The van der Waals surface area contributed by atoms with Crippen molar-refractivity contribution < 1.29 is 14.7 Å². The number of halogens is 1. The summed E-state index contributed by atoms with van der Waals surface area (Å²) < 4.78 is 0.982. The first kappa shape index (κ1) is 15.9. The lowest BCUT2D eigenvalue weighted by Crippen LogP contribution is -2.44. The minimum absolute atomic E-state index is 0.106. The van der Waals surface area contributed by atoms with Crippen LogP contribution in [0.4, 0.5) is 0 Å². The molecule has 0 aliphatic carbocycles. The fourth-order valence-electron chi connectivity index (χ4n) is 1.46. The fourth-order valence-corrected chi connectivity index (χ4v) is 2.79. The normalized spacial score (nSPS) is 14.3. The van der Waals surface area contributed by atoms with Gasteiger partial charge < -0.3 is 10.4 Å². The molecule has 4 nitrogen and oxygen atoms in total. The number of carboxylic acid groups (broad SMARTS) is 1. The van der Waals surface area contributed by atoms with Gasteiger partial charge >= 0.3 is 5.97 Å². The highest BCUT2D eigenvalue weighted by Gasteiger charge is 2.24. The van der Waals surface area contributed by atoms with Crippen molar-refractivity contribution in [1.29, 1.82) is 0 Å². The highest BCUT2D eigenvalue weighted by atomic mass is 79.9. The molecular weight excluding hydrogens is 330 g/mol. The molecule has 0 aromatic carbocycles. The van der Waals surface area contributed by atoms with Gasteiger partial charge in [-0.25, -0.2) is 4.79 Å². The van der Waals surface area contributed by atoms with E-state index in [1.165, 1.54) is 17.4 Å². The molecule has 0 fully saturated rings. The van der Waals surface area contributed by atoms with E-state index in [1.54, 1.807) is 13.0 Å². The maximum atomic E-state index is 11.7. The lowest BCUT2D eigenvalue weighted by Gasteiger charge is -2.19. The van der Waals surface area contributed by atoms with Crippen LogP contribution < -0.4 is 5.32 Å². The average Bonchev–Trinajstić information content (AvgIpc) is 2.78. The fraction of sp³-hybridized carbons (Fsp3) is 0.385. The number of nitrogens with one attached hydrogen (secondary N) is 1. The SMILES string of the molecule is CCC(C)C(NC(=O)/C=C/c1ccc(Br)s1)C(=O)O. The Morgan fingerprint density at radius 1 is 1.53 bits per heavy atom. The number of amides is 1. The van der Waals surface area contributed by atoms with Gasteiger partial charge in [0.25, 0.3) is 0 Å². The monoisotopic (exact) mass is 345 g/mol. The van der Waals surface area contributed by atoms with Crippen LogP contribution in [0.2, 0.25) is 0 Å². The van der Waals surface area contributed by atoms with Crippen molar-refractivity contribution in [2.75, 3.05) is 0 Å². The topological polar surface area (TPSA) is 66.4 Å². The van der Waals surface area contributed by atoms with E-state index in [9.17, 15) is 9.59 Å². The Balaban J connectivity index is 2.62. The van der Waals surface area contributed by atoms with E-state index in [4.69, 9.17) is 5.11 Å². The van der Waals surface area contributed by atoms with Gasteiger partial charge in [-0.1, -0.05) is 20.3 Å². The summed E-state index contributed by atoms with van der Waals surface area (Å²) in [6, 6.07) is 2.92. The van der Waals surface area contributed by atoms with Crippen molar-refractivity contribution in [2.24, 2.45) is 5.92 Å². The number of rotatable bonds is 6. The van der Waals surface area contributed by atoms with Gasteiger partial charge in [-0.15, -0.1) is 11.3 Å². The first-order chi connectivity index (χ1) is 8.93. The number of carboxylic acids is 1. The molecule has 1 aromatic rings. The van der Waals surface area contributed by atoms with Crippen molar-refractivity contribution in [3.05, 3.63) is 26.9 Å². The third-order valence-corrected chi connectivity index (χ3v) is 4.36. The maximum absolute atomic E-state index is 11.7. The van der Waals surface area contributed by atoms with Crippen LogP contribution in [0.5, 0.6) is 0 Å². The minimum Gasteiger partial charge on any atom is -0.480 e. The number of thiophene rings is 1. The molecule has 2 atom stereocenters. The van der Waals surface area contributed by atoms with E-state index in [-0.39, 0.29) is 5.92 Å². The number of carbonyl (C=O) groups is 2. The van der Waals surface area contributed by atoms with Crippen LogP contribution in [-0.2, 0) is 9.59 Å². The summed E-state index contributed by atoms with van der Waals surface area (Å²) in [5.41, 5.74) is 0. The minimum atomic E-state index is -1.00. The van der Waals surface area contributed by atoms with Crippen LogP contribution >= 0.6 is 27.3 Å². The average molecular weight is 346 g/mol. The van der Waals surface area contributed by atoms with E-state index >= 15 is 0 Å². The first-order valence-electron chi connectivity index (χ1n) is 5.90. The summed E-state index contributed by atoms with van der Waals surface area (Å²) >= 11 is 4.83. The molecule has 0 radical (unpaired) electrons. The quantitative estimate of drug-likeness (QED) is 0.778. The van der Waals surface area contributed by atoms with Crippen molar-refractivity contribution in [1.82, 2.24) is 5.32 Å². The highest BCUT2D eigenvalue weighted by Crippen LogP contribution is 2.22. The molecule has 19 heavy (non-hydrogen) atoms. The second-order valence-electron chi connectivity index (χ2n) is 4.19. The van der Waals surface area contributed by atoms with Crippen LogP contribution in [0.25, 0.3) is 6.08 Å². The van der Waals surface area contributed by atoms with Crippen molar-refractivity contribution in [2.45, 2.75) is 26.3 Å². The van der Waals surface area contributed by atoms with Gasteiger partial charge in [0.15, 0.2) is 0 Å². The van der Waals surface area contributed by atoms with Gasteiger partial charge in [-0.3, -0.25) is 4.79 Å². The molecule has 1 heterocycles. The van der Waals surface area contributed by atoms with Crippen LogP contribution in [-0.4, -0.2) is 23.0 Å². The molecule has 1 aromatic heterocycles. The van der Waals surface area contributed by atoms with E-state index in [0.717, 1.165) is 8.66 Å². The number of hydrogen-bond acceptors (Lipinski definition) is 3. The van der Waals surface area contributed by atoms with Crippen LogP contribution in [0, 0.1) is 5.92 Å². The Morgan fingerprint density at radius 2 is 2.21 bits per heavy atom. The standard InChI is InChI=1S/C13H16BrNO3S/c1-3-8(2)12(13(17)18)15-11(16)7-5-9-4-6-10(14)19-9/h4-8,12H,3H2,1-2H3,(H,15,16)(H,17,18)/b7-5+. The predicted molar refractivity (Wildman–Crippen MR) is 80.1 cm³/mol. The summed E-state index contributed by atoms with van der Waals surface area (Å²) in [7, 11) is 0. The van der Waals surface area contributed by atoms with Crippen molar-refractivity contribution >= 4 is 45.2 Å². The largest absolute Gasteiger partial charge is 0.480 e. The Hall–Kier alpha value is -1.14. The molecule has 104 valence electrons. The molecule has 2 unspecified atom stereocenters. The smallest absolute Gasteiger partial charge is 0.326 e. The van der Waals surface area contributed by atoms with Gasteiger partial charge in [0.2, 0.25) is 5.91 Å². The Labute approximate surface area is 124 Å². The van der Waals surface area contributed by atoms with Gasteiger partial charge in [0, 0.05) is 11.0 Å². The molecule has 0 spiro atoms. The van der Waals surface area contributed by atoms with Crippen LogP contribution in [0.15, 0.2) is 22.0 Å². The zero-order valence-electron chi connectivity index (χ0n) is 10.7. The summed E-state index contributed by atoms with van der Waals surface area (Å²) in [5, 5.41) is 11.6. The molecule has 0 saturated carbocycles. The Kier molecular flexibility index (Phi) is 6.24. The highest BCUT2D eigenvalue weighted by molar-refractivity contribution is 9.11. The molecular formula is C13H16BrNO3S. The molecule has 6 heteroatoms. The van der Waals surface area contributed by atoms with Gasteiger partial charge in [-0.2, -0.15) is 0 Å². The molecule has 0 bridgehead atoms. The predicted octanol–water partition coefficient (Wildman–Crippen LogP) is 3.14.